The molecule has 0 fully saturated rings. The van der Waals surface area contributed by atoms with Crippen LogP contribution in [0.5, 0.6) is 11.5 Å². The summed E-state index contributed by atoms with van der Waals surface area (Å²) in [7, 11) is 0. The Kier molecular flexibility index (Phi) is 3.25. The molecular weight excluding hydrogens is 294 g/mol. The second kappa shape index (κ2) is 5.30. The molecule has 1 aromatic heterocycles. The lowest BCUT2D eigenvalue weighted by Gasteiger charge is -2.33. The van der Waals surface area contributed by atoms with E-state index in [0.29, 0.717) is 24.6 Å². The summed E-state index contributed by atoms with van der Waals surface area (Å²) < 4.78 is 13.7. The summed E-state index contributed by atoms with van der Waals surface area (Å²) >= 11 is 0. The zero-order valence-electron chi connectivity index (χ0n) is 13.3. The van der Waals surface area contributed by atoms with E-state index in [1.807, 2.05) is 36.1 Å². The average Bonchev–Trinajstić information content (AvgIpc) is 2.87. The summed E-state index contributed by atoms with van der Waals surface area (Å²) in [6.45, 7) is 6.29. The van der Waals surface area contributed by atoms with E-state index in [0.717, 1.165) is 18.1 Å². The van der Waals surface area contributed by atoms with Crippen molar-refractivity contribution in [3.8, 4) is 11.5 Å². The van der Waals surface area contributed by atoms with Crippen LogP contribution in [0, 0.1) is 13.8 Å². The van der Waals surface area contributed by atoms with Crippen molar-refractivity contribution < 1.29 is 14.3 Å². The lowest BCUT2D eigenvalue weighted by Crippen LogP contribution is -2.48. The van der Waals surface area contributed by atoms with Gasteiger partial charge in [-0.2, -0.15) is 0 Å². The molecular formula is C17H19N3O3. The number of hydrogen-bond acceptors (Lipinski definition) is 4. The summed E-state index contributed by atoms with van der Waals surface area (Å²) in [6, 6.07) is 7.43. The third kappa shape index (κ3) is 2.34. The number of carbonyl (C=O) groups excluding carboxylic acids is 1. The highest BCUT2D eigenvalue weighted by Gasteiger charge is 2.33. The predicted molar refractivity (Wildman–Crippen MR) is 83.5 cm³/mol. The minimum atomic E-state index is -0.589. The van der Waals surface area contributed by atoms with Gasteiger partial charge in [0.1, 0.15) is 12.4 Å². The van der Waals surface area contributed by atoms with Gasteiger partial charge >= 0.3 is 0 Å². The lowest BCUT2D eigenvalue weighted by atomic mass is 10.2. The molecule has 6 heteroatoms. The van der Waals surface area contributed by atoms with E-state index in [1.54, 1.807) is 0 Å². The van der Waals surface area contributed by atoms with Crippen LogP contribution in [0.25, 0.3) is 0 Å². The maximum absolute atomic E-state index is 12.7. The number of benzene rings is 1. The first-order chi connectivity index (χ1) is 11.1. The Morgan fingerprint density at radius 2 is 2.00 bits per heavy atom. The van der Waals surface area contributed by atoms with Crippen LogP contribution in [0.15, 0.2) is 24.3 Å². The molecule has 1 atom stereocenters. The van der Waals surface area contributed by atoms with E-state index < -0.39 is 6.10 Å². The minimum Gasteiger partial charge on any atom is -0.485 e. The number of para-hydroxylation sites is 2. The van der Waals surface area contributed by atoms with Gasteiger partial charge in [0.2, 0.25) is 6.10 Å². The zero-order chi connectivity index (χ0) is 16.0. The Hall–Kier alpha value is -2.50. The van der Waals surface area contributed by atoms with Gasteiger partial charge in [-0.05, 0) is 26.0 Å². The van der Waals surface area contributed by atoms with Crippen molar-refractivity contribution in [2.24, 2.45) is 0 Å². The fourth-order valence-electron chi connectivity index (χ4n) is 3.14. The highest BCUT2D eigenvalue weighted by atomic mass is 16.6. The van der Waals surface area contributed by atoms with Crippen LogP contribution in [0.4, 0.5) is 0 Å². The number of aryl methyl sites for hydroxylation is 1. The first-order valence-corrected chi connectivity index (χ1v) is 7.83. The smallest absolute Gasteiger partial charge is 0.267 e. The third-order valence-electron chi connectivity index (χ3n) is 4.56. The van der Waals surface area contributed by atoms with Crippen molar-refractivity contribution >= 4 is 5.91 Å². The first kappa shape index (κ1) is 14.1. The molecule has 0 radical (unpaired) electrons. The topological polar surface area (TPSA) is 56.6 Å². The molecule has 23 heavy (non-hydrogen) atoms. The summed E-state index contributed by atoms with van der Waals surface area (Å²) in [6.07, 6.45) is -0.589. The van der Waals surface area contributed by atoms with Crippen molar-refractivity contribution in [1.82, 2.24) is 14.5 Å². The molecule has 2 aliphatic rings. The largest absolute Gasteiger partial charge is 0.485 e. The molecule has 1 amide bonds. The van der Waals surface area contributed by atoms with Gasteiger partial charge in [0.25, 0.3) is 5.91 Å². The Balaban J connectivity index is 1.50. The number of hydrogen-bond donors (Lipinski definition) is 0. The molecule has 6 nitrogen and oxygen atoms in total. The molecule has 1 aromatic carbocycles. The Morgan fingerprint density at radius 1 is 1.22 bits per heavy atom. The van der Waals surface area contributed by atoms with E-state index >= 15 is 0 Å². The lowest BCUT2D eigenvalue weighted by molar-refractivity contribution is -0.142. The first-order valence-electron chi connectivity index (χ1n) is 7.83. The van der Waals surface area contributed by atoms with Crippen LogP contribution in [-0.2, 0) is 17.9 Å². The maximum atomic E-state index is 12.7. The Morgan fingerprint density at radius 3 is 2.83 bits per heavy atom. The number of imidazole rings is 1. The molecule has 4 rings (SSSR count). The van der Waals surface area contributed by atoms with Crippen molar-refractivity contribution in [2.45, 2.75) is 33.0 Å². The molecule has 0 aliphatic carbocycles. The van der Waals surface area contributed by atoms with Crippen LogP contribution in [0.1, 0.15) is 17.2 Å². The normalized spacial score (nSPS) is 19.4. The standard InChI is InChI=1S/C17H19N3O3/c1-11-12(2)20-8-7-19(9-16(20)18-11)17(21)15-10-22-13-5-3-4-6-14(13)23-15/h3-6,15H,7-10H2,1-2H3. The van der Waals surface area contributed by atoms with Crippen LogP contribution < -0.4 is 9.47 Å². The van der Waals surface area contributed by atoms with Gasteiger partial charge < -0.3 is 18.9 Å². The SMILES string of the molecule is Cc1nc2n(c1C)CCN(C(=O)C1COc3ccccc3O1)C2. The number of fused-ring (bicyclic) bond motifs is 2. The fourth-order valence-corrected chi connectivity index (χ4v) is 3.14. The minimum absolute atomic E-state index is 0.0379. The predicted octanol–water partition coefficient (Wildman–Crippen LogP) is 1.68. The van der Waals surface area contributed by atoms with Crippen molar-refractivity contribution in [1.29, 1.82) is 0 Å². The molecule has 1 unspecified atom stereocenters. The van der Waals surface area contributed by atoms with Gasteiger partial charge in [-0.3, -0.25) is 4.79 Å². The van der Waals surface area contributed by atoms with Gasteiger partial charge in [-0.15, -0.1) is 0 Å². The molecule has 2 aliphatic heterocycles. The van der Waals surface area contributed by atoms with E-state index in [4.69, 9.17) is 9.47 Å². The van der Waals surface area contributed by atoms with Gasteiger partial charge in [0.15, 0.2) is 11.5 Å². The molecule has 3 heterocycles. The molecule has 0 spiro atoms. The van der Waals surface area contributed by atoms with Crippen molar-refractivity contribution in [3.05, 3.63) is 41.5 Å². The number of carbonyl (C=O) groups is 1. The number of amides is 1. The molecule has 0 bridgehead atoms. The molecule has 0 N–H and O–H groups in total. The molecule has 120 valence electrons. The Labute approximate surface area is 134 Å². The highest BCUT2D eigenvalue weighted by molar-refractivity contribution is 5.82. The van der Waals surface area contributed by atoms with Crippen LogP contribution >= 0.6 is 0 Å². The van der Waals surface area contributed by atoms with Gasteiger partial charge in [0.05, 0.1) is 12.2 Å². The summed E-state index contributed by atoms with van der Waals surface area (Å²) in [5.41, 5.74) is 2.21. The number of aromatic nitrogens is 2. The second-order valence-electron chi connectivity index (χ2n) is 5.97. The summed E-state index contributed by atoms with van der Waals surface area (Å²) in [5.74, 6) is 2.22. The van der Waals surface area contributed by atoms with E-state index in [-0.39, 0.29) is 12.5 Å². The second-order valence-corrected chi connectivity index (χ2v) is 5.97. The third-order valence-corrected chi connectivity index (χ3v) is 4.56. The fraction of sp³-hybridized carbons (Fsp3) is 0.412. The van der Waals surface area contributed by atoms with E-state index in [9.17, 15) is 4.79 Å². The zero-order valence-corrected chi connectivity index (χ0v) is 13.3. The van der Waals surface area contributed by atoms with E-state index in [1.165, 1.54) is 5.69 Å². The number of rotatable bonds is 1. The molecule has 2 aromatic rings. The van der Waals surface area contributed by atoms with E-state index in [2.05, 4.69) is 16.5 Å². The van der Waals surface area contributed by atoms with Crippen LogP contribution in [-0.4, -0.2) is 39.6 Å². The van der Waals surface area contributed by atoms with Gasteiger partial charge in [-0.25, -0.2) is 4.98 Å². The molecule has 0 saturated heterocycles. The monoisotopic (exact) mass is 313 g/mol. The van der Waals surface area contributed by atoms with Gasteiger partial charge in [-0.1, -0.05) is 12.1 Å². The van der Waals surface area contributed by atoms with Crippen LogP contribution in [0.2, 0.25) is 0 Å². The van der Waals surface area contributed by atoms with Crippen LogP contribution in [0.3, 0.4) is 0 Å². The quantitative estimate of drug-likeness (QED) is 0.804. The summed E-state index contributed by atoms with van der Waals surface area (Å²) in [4.78, 5) is 19.1. The average molecular weight is 313 g/mol. The molecule has 0 saturated carbocycles. The van der Waals surface area contributed by atoms with Crippen molar-refractivity contribution in [3.63, 3.8) is 0 Å². The highest BCUT2D eigenvalue weighted by Crippen LogP contribution is 2.31. The maximum Gasteiger partial charge on any atom is 0.267 e. The Bertz CT molecular complexity index is 768. The summed E-state index contributed by atoms with van der Waals surface area (Å²) in [5, 5.41) is 0. The van der Waals surface area contributed by atoms with Gasteiger partial charge in [0, 0.05) is 18.8 Å². The van der Waals surface area contributed by atoms with Crippen molar-refractivity contribution in [2.75, 3.05) is 13.2 Å². The number of nitrogens with zero attached hydrogens (tertiary/aromatic N) is 3. The number of ether oxygens (including phenoxy) is 2.